The summed E-state index contributed by atoms with van der Waals surface area (Å²) in [7, 11) is 3.66. The molecular weight excluding hydrogens is 418 g/mol. The number of nitrogens with two attached hydrogens (primary N) is 1. The molecule has 4 heterocycles. The van der Waals surface area contributed by atoms with Crippen molar-refractivity contribution in [3.8, 4) is 16.9 Å². The van der Waals surface area contributed by atoms with Crippen molar-refractivity contribution in [3.05, 3.63) is 66.1 Å². The van der Waals surface area contributed by atoms with Gasteiger partial charge in [-0.3, -0.25) is 14.6 Å². The van der Waals surface area contributed by atoms with Crippen LogP contribution in [0.5, 0.6) is 5.75 Å². The molecule has 6 rings (SSSR count). The summed E-state index contributed by atoms with van der Waals surface area (Å²) in [6.45, 7) is 0.407. The van der Waals surface area contributed by atoms with Gasteiger partial charge in [0, 0.05) is 42.4 Å². The van der Waals surface area contributed by atoms with Gasteiger partial charge in [-0.2, -0.15) is 10.2 Å². The van der Waals surface area contributed by atoms with E-state index in [1.807, 2.05) is 43.6 Å². The molecule has 0 spiro atoms. The lowest BCUT2D eigenvalue weighted by Crippen LogP contribution is -2.32. The summed E-state index contributed by atoms with van der Waals surface area (Å²) in [5.41, 5.74) is 11.2. The predicted molar refractivity (Wildman–Crippen MR) is 125 cm³/mol. The number of fused-ring (bicyclic) bond motifs is 4. The standard InChI is InChI=1S/C24H21N7O2/c1-30(20-12-33-21-8-13(3-5-16(20)21)15-9-26-27-10-15)24(32)14-4-6-19-17(7-14)22-18(23(25)29-19)11-28-31(22)2/h3-11,20H,12H2,1-2H3,(H2,25,29)(H,26,27)/t20-/m1/s1. The van der Waals surface area contributed by atoms with Gasteiger partial charge in [-0.1, -0.05) is 12.1 Å². The van der Waals surface area contributed by atoms with Crippen LogP contribution in [0.15, 0.2) is 55.0 Å². The SMILES string of the molecule is CN(C(=O)c1ccc2nc(N)c3cnn(C)c3c2c1)[C@@H]1COc2cc(-c3cn[nH]c3)ccc21. The second-order valence-electron chi connectivity index (χ2n) is 8.24. The van der Waals surface area contributed by atoms with Crippen LogP contribution in [-0.4, -0.2) is 49.4 Å². The number of rotatable bonds is 3. The molecule has 0 bridgehead atoms. The molecule has 0 aliphatic carbocycles. The maximum atomic E-state index is 13.5. The molecule has 164 valence electrons. The number of aryl methyl sites for hydroxylation is 1. The monoisotopic (exact) mass is 439 g/mol. The van der Waals surface area contributed by atoms with Crippen LogP contribution in [-0.2, 0) is 7.05 Å². The number of carbonyl (C=O) groups is 1. The molecule has 0 fully saturated rings. The number of hydrogen-bond acceptors (Lipinski definition) is 6. The minimum absolute atomic E-state index is 0.0931. The number of H-pyrrole nitrogens is 1. The lowest BCUT2D eigenvalue weighted by molar-refractivity contribution is 0.0708. The third-order valence-electron chi connectivity index (χ3n) is 6.34. The fourth-order valence-electron chi connectivity index (χ4n) is 4.54. The molecule has 1 aliphatic rings. The fourth-order valence-corrected chi connectivity index (χ4v) is 4.54. The first-order valence-electron chi connectivity index (χ1n) is 10.6. The van der Waals surface area contributed by atoms with Crippen LogP contribution in [0.4, 0.5) is 5.82 Å². The highest BCUT2D eigenvalue weighted by Gasteiger charge is 2.31. The van der Waals surface area contributed by atoms with Gasteiger partial charge in [-0.25, -0.2) is 4.98 Å². The first kappa shape index (κ1) is 19.3. The second-order valence-corrected chi connectivity index (χ2v) is 8.24. The molecule has 3 aromatic heterocycles. The van der Waals surface area contributed by atoms with Crippen LogP contribution in [0.2, 0.25) is 0 Å². The Labute approximate surface area is 188 Å². The van der Waals surface area contributed by atoms with Crippen molar-refractivity contribution in [2.24, 2.45) is 7.05 Å². The maximum absolute atomic E-state index is 13.5. The number of nitrogen functional groups attached to an aromatic ring is 1. The van der Waals surface area contributed by atoms with Gasteiger partial charge in [-0.05, 0) is 29.8 Å². The van der Waals surface area contributed by atoms with Gasteiger partial charge in [0.05, 0.1) is 34.9 Å². The van der Waals surface area contributed by atoms with E-state index >= 15 is 0 Å². The van der Waals surface area contributed by atoms with Crippen LogP contribution in [0.25, 0.3) is 32.9 Å². The first-order valence-corrected chi connectivity index (χ1v) is 10.6. The molecular formula is C24H21N7O2. The van der Waals surface area contributed by atoms with E-state index in [4.69, 9.17) is 10.5 Å². The summed E-state index contributed by atoms with van der Waals surface area (Å²) in [5, 5.41) is 12.7. The van der Waals surface area contributed by atoms with Crippen molar-refractivity contribution in [2.45, 2.75) is 6.04 Å². The molecule has 1 amide bonds. The van der Waals surface area contributed by atoms with Crippen molar-refractivity contribution >= 4 is 33.5 Å². The van der Waals surface area contributed by atoms with Crippen molar-refractivity contribution in [1.29, 1.82) is 0 Å². The number of nitrogens with one attached hydrogen (secondary N) is 1. The summed E-state index contributed by atoms with van der Waals surface area (Å²) in [6, 6.07) is 11.3. The lowest BCUT2D eigenvalue weighted by Gasteiger charge is -2.24. The third-order valence-corrected chi connectivity index (χ3v) is 6.34. The van der Waals surface area contributed by atoms with E-state index in [1.165, 1.54) is 0 Å². The predicted octanol–water partition coefficient (Wildman–Crippen LogP) is 3.30. The van der Waals surface area contributed by atoms with Gasteiger partial charge in [0.1, 0.15) is 18.2 Å². The minimum atomic E-state index is -0.178. The summed E-state index contributed by atoms with van der Waals surface area (Å²) >= 11 is 0. The van der Waals surface area contributed by atoms with Gasteiger partial charge in [0.15, 0.2) is 0 Å². The average molecular weight is 439 g/mol. The number of benzene rings is 2. The second kappa shape index (κ2) is 7.06. The Balaban J connectivity index is 1.35. The Kier molecular flexibility index (Phi) is 4.13. The molecule has 3 N–H and O–H groups in total. The largest absolute Gasteiger partial charge is 0.491 e. The molecule has 9 nitrogen and oxygen atoms in total. The summed E-state index contributed by atoms with van der Waals surface area (Å²) in [4.78, 5) is 19.7. The van der Waals surface area contributed by atoms with E-state index in [-0.39, 0.29) is 11.9 Å². The topological polar surface area (TPSA) is 115 Å². The lowest BCUT2D eigenvalue weighted by atomic mass is 10.0. The van der Waals surface area contributed by atoms with E-state index in [1.54, 1.807) is 35.1 Å². The Morgan fingerprint density at radius 2 is 2.06 bits per heavy atom. The number of carbonyl (C=O) groups excluding carboxylic acids is 1. The van der Waals surface area contributed by atoms with Crippen LogP contribution >= 0.6 is 0 Å². The number of ether oxygens (including phenoxy) is 1. The maximum Gasteiger partial charge on any atom is 0.254 e. The Morgan fingerprint density at radius 3 is 2.88 bits per heavy atom. The number of anilines is 1. The van der Waals surface area contributed by atoms with E-state index in [9.17, 15) is 4.79 Å². The number of amides is 1. The Morgan fingerprint density at radius 1 is 1.18 bits per heavy atom. The highest BCUT2D eigenvalue weighted by Crippen LogP contribution is 2.39. The smallest absolute Gasteiger partial charge is 0.254 e. The molecule has 33 heavy (non-hydrogen) atoms. The Hall–Kier alpha value is -4.40. The van der Waals surface area contributed by atoms with Crippen LogP contribution in [0, 0.1) is 0 Å². The molecule has 2 aromatic carbocycles. The van der Waals surface area contributed by atoms with Crippen molar-refractivity contribution in [3.63, 3.8) is 0 Å². The zero-order valence-electron chi connectivity index (χ0n) is 18.1. The van der Waals surface area contributed by atoms with Gasteiger partial charge in [-0.15, -0.1) is 0 Å². The first-order chi connectivity index (χ1) is 16.0. The zero-order chi connectivity index (χ0) is 22.7. The third kappa shape index (κ3) is 2.93. The highest BCUT2D eigenvalue weighted by molar-refractivity contribution is 6.10. The number of hydrogen-bond donors (Lipinski definition) is 2. The molecule has 9 heteroatoms. The molecule has 1 atom stereocenters. The van der Waals surface area contributed by atoms with E-state index in [2.05, 4.69) is 20.3 Å². The molecule has 5 aromatic rings. The molecule has 0 unspecified atom stereocenters. The van der Waals surface area contributed by atoms with Gasteiger partial charge >= 0.3 is 0 Å². The van der Waals surface area contributed by atoms with Crippen LogP contribution < -0.4 is 10.5 Å². The summed E-state index contributed by atoms with van der Waals surface area (Å²) in [5.74, 6) is 1.12. The highest BCUT2D eigenvalue weighted by atomic mass is 16.5. The number of aromatic amines is 1. The van der Waals surface area contributed by atoms with E-state index in [0.717, 1.165) is 44.2 Å². The van der Waals surface area contributed by atoms with E-state index in [0.29, 0.717) is 18.0 Å². The van der Waals surface area contributed by atoms with E-state index < -0.39 is 0 Å². The minimum Gasteiger partial charge on any atom is -0.491 e. The number of aromatic nitrogens is 5. The summed E-state index contributed by atoms with van der Waals surface area (Å²) < 4.78 is 7.70. The number of nitrogens with zero attached hydrogens (tertiary/aromatic N) is 5. The van der Waals surface area contributed by atoms with Crippen molar-refractivity contribution in [1.82, 2.24) is 29.9 Å². The van der Waals surface area contributed by atoms with Gasteiger partial charge < -0.3 is 15.4 Å². The summed E-state index contributed by atoms with van der Waals surface area (Å²) in [6.07, 6.45) is 5.30. The molecule has 0 saturated carbocycles. The van der Waals surface area contributed by atoms with Gasteiger partial charge in [0.25, 0.3) is 5.91 Å². The molecule has 1 aliphatic heterocycles. The molecule has 0 saturated heterocycles. The average Bonchev–Trinajstić information content (AvgIpc) is 3.58. The fraction of sp³-hybridized carbons (Fsp3) is 0.167. The van der Waals surface area contributed by atoms with Crippen molar-refractivity contribution < 1.29 is 9.53 Å². The number of likely N-dealkylation sites (N-methyl/N-ethyl adjacent to an activating group) is 1. The van der Waals surface area contributed by atoms with Crippen LogP contribution in [0.1, 0.15) is 22.0 Å². The molecule has 0 radical (unpaired) electrons. The quantitative estimate of drug-likeness (QED) is 0.446. The number of pyridine rings is 1. The van der Waals surface area contributed by atoms with Crippen molar-refractivity contribution in [2.75, 3.05) is 19.4 Å². The Bertz CT molecular complexity index is 1540. The normalized spacial score (nSPS) is 15.0. The zero-order valence-corrected chi connectivity index (χ0v) is 18.1. The van der Waals surface area contributed by atoms with Gasteiger partial charge in [0.2, 0.25) is 0 Å². The van der Waals surface area contributed by atoms with Crippen LogP contribution in [0.3, 0.4) is 0 Å².